The highest BCUT2D eigenvalue weighted by molar-refractivity contribution is 5.89. The van der Waals surface area contributed by atoms with E-state index in [1.54, 1.807) is 24.3 Å². The molecule has 0 atom stereocenters. The Bertz CT molecular complexity index is 500. The van der Waals surface area contributed by atoms with Crippen LogP contribution in [0.2, 0.25) is 0 Å². The minimum absolute atomic E-state index is 0.260. The minimum Gasteiger partial charge on any atom is -0.482 e. The number of urea groups is 1. The maximum atomic E-state index is 11.7. The fourth-order valence-electron chi connectivity index (χ4n) is 2.16. The standard InChI is InChI=1S/C15H20N2O4/c18-14(19)10-21-13-6-2-5-12(9-13)17-15(20)16-8-7-11-3-1-4-11/h2,5-6,9,11H,1,3-4,7-8,10H2,(H,18,19)(H2,16,17,20). The fraction of sp³-hybridized carbons (Fsp3) is 0.467. The third-order valence-corrected chi connectivity index (χ3v) is 3.52. The molecule has 0 radical (unpaired) electrons. The smallest absolute Gasteiger partial charge is 0.341 e. The SMILES string of the molecule is O=C(O)COc1cccc(NC(=O)NCCC2CCC2)c1. The third kappa shape index (κ3) is 5.33. The maximum absolute atomic E-state index is 11.7. The normalized spacial score (nSPS) is 14.1. The Morgan fingerprint density at radius 1 is 1.33 bits per heavy atom. The molecule has 1 aliphatic rings. The molecule has 1 aromatic carbocycles. The lowest BCUT2D eigenvalue weighted by Gasteiger charge is -2.25. The van der Waals surface area contributed by atoms with Gasteiger partial charge in [-0.1, -0.05) is 25.3 Å². The largest absolute Gasteiger partial charge is 0.482 e. The zero-order chi connectivity index (χ0) is 15.1. The van der Waals surface area contributed by atoms with Crippen LogP contribution in [0.25, 0.3) is 0 Å². The Hall–Kier alpha value is -2.24. The molecule has 1 aromatic rings. The molecule has 2 rings (SSSR count). The Labute approximate surface area is 123 Å². The van der Waals surface area contributed by atoms with Crippen LogP contribution in [-0.2, 0) is 4.79 Å². The van der Waals surface area contributed by atoms with E-state index in [0.29, 0.717) is 18.0 Å². The molecule has 0 aliphatic heterocycles. The number of hydrogen-bond acceptors (Lipinski definition) is 3. The van der Waals surface area contributed by atoms with E-state index in [4.69, 9.17) is 9.84 Å². The summed E-state index contributed by atoms with van der Waals surface area (Å²) in [5, 5.41) is 14.1. The fourth-order valence-corrected chi connectivity index (χ4v) is 2.16. The number of ether oxygens (including phenoxy) is 1. The van der Waals surface area contributed by atoms with Gasteiger partial charge in [0.1, 0.15) is 5.75 Å². The summed E-state index contributed by atoms with van der Waals surface area (Å²) < 4.78 is 5.05. The number of carbonyl (C=O) groups is 2. The van der Waals surface area contributed by atoms with Crippen molar-refractivity contribution in [2.24, 2.45) is 5.92 Å². The van der Waals surface area contributed by atoms with Crippen molar-refractivity contribution in [1.82, 2.24) is 5.32 Å². The molecule has 0 aromatic heterocycles. The lowest BCUT2D eigenvalue weighted by atomic mass is 9.83. The second-order valence-corrected chi connectivity index (χ2v) is 5.18. The molecule has 0 bridgehead atoms. The number of carbonyl (C=O) groups excluding carboxylic acids is 1. The van der Waals surface area contributed by atoms with E-state index >= 15 is 0 Å². The molecule has 0 unspecified atom stereocenters. The summed E-state index contributed by atoms with van der Waals surface area (Å²) in [6, 6.07) is 6.39. The van der Waals surface area contributed by atoms with Gasteiger partial charge < -0.3 is 20.5 Å². The lowest BCUT2D eigenvalue weighted by molar-refractivity contribution is -0.139. The molecule has 2 amide bonds. The summed E-state index contributed by atoms with van der Waals surface area (Å²) in [7, 11) is 0. The number of nitrogens with one attached hydrogen (secondary N) is 2. The number of amides is 2. The van der Waals surface area contributed by atoms with E-state index in [9.17, 15) is 9.59 Å². The van der Waals surface area contributed by atoms with Gasteiger partial charge >= 0.3 is 12.0 Å². The summed E-state index contributed by atoms with van der Waals surface area (Å²) in [6.45, 7) is 0.267. The van der Waals surface area contributed by atoms with Gasteiger partial charge in [0.2, 0.25) is 0 Å². The van der Waals surface area contributed by atoms with Crippen LogP contribution >= 0.6 is 0 Å². The van der Waals surface area contributed by atoms with Crippen LogP contribution in [0, 0.1) is 5.92 Å². The molecule has 0 saturated heterocycles. The van der Waals surface area contributed by atoms with Gasteiger partial charge in [-0.05, 0) is 24.5 Å². The van der Waals surface area contributed by atoms with Crippen molar-refractivity contribution in [1.29, 1.82) is 0 Å². The number of carboxylic acids is 1. The Morgan fingerprint density at radius 2 is 2.14 bits per heavy atom. The number of carboxylic acid groups (broad SMARTS) is 1. The van der Waals surface area contributed by atoms with Crippen LogP contribution in [0.4, 0.5) is 10.5 Å². The van der Waals surface area contributed by atoms with Crippen molar-refractivity contribution >= 4 is 17.7 Å². The van der Waals surface area contributed by atoms with Crippen molar-refractivity contribution in [3.05, 3.63) is 24.3 Å². The maximum Gasteiger partial charge on any atom is 0.341 e. The molecule has 1 saturated carbocycles. The van der Waals surface area contributed by atoms with E-state index in [2.05, 4.69) is 10.6 Å². The van der Waals surface area contributed by atoms with Gasteiger partial charge in [0, 0.05) is 18.3 Å². The van der Waals surface area contributed by atoms with Gasteiger partial charge in [-0.2, -0.15) is 0 Å². The number of rotatable bonds is 7. The topological polar surface area (TPSA) is 87.7 Å². The van der Waals surface area contributed by atoms with Gasteiger partial charge in [0.15, 0.2) is 6.61 Å². The molecular formula is C15H20N2O4. The van der Waals surface area contributed by atoms with Crippen molar-refractivity contribution in [2.45, 2.75) is 25.7 Å². The predicted molar refractivity (Wildman–Crippen MR) is 78.6 cm³/mol. The van der Waals surface area contributed by atoms with E-state index in [1.165, 1.54) is 19.3 Å². The van der Waals surface area contributed by atoms with Gasteiger partial charge in [-0.15, -0.1) is 0 Å². The van der Waals surface area contributed by atoms with Gasteiger partial charge in [-0.3, -0.25) is 0 Å². The van der Waals surface area contributed by atoms with Gasteiger partial charge in [-0.25, -0.2) is 9.59 Å². The third-order valence-electron chi connectivity index (χ3n) is 3.52. The first-order valence-corrected chi connectivity index (χ1v) is 7.13. The van der Waals surface area contributed by atoms with E-state index in [0.717, 1.165) is 12.3 Å². The van der Waals surface area contributed by atoms with E-state index in [1.807, 2.05) is 0 Å². The van der Waals surface area contributed by atoms with Gasteiger partial charge in [0.25, 0.3) is 0 Å². The molecule has 0 spiro atoms. The Kier molecular flexibility index (Phi) is 5.43. The molecular weight excluding hydrogens is 272 g/mol. The number of benzene rings is 1. The molecule has 0 heterocycles. The molecule has 1 fully saturated rings. The summed E-state index contributed by atoms with van der Waals surface area (Å²) >= 11 is 0. The Morgan fingerprint density at radius 3 is 2.81 bits per heavy atom. The van der Waals surface area contributed by atoms with Crippen LogP contribution in [0.15, 0.2) is 24.3 Å². The average Bonchev–Trinajstić information content (AvgIpc) is 2.40. The highest BCUT2D eigenvalue weighted by Gasteiger charge is 2.16. The van der Waals surface area contributed by atoms with E-state index < -0.39 is 12.6 Å². The van der Waals surface area contributed by atoms with E-state index in [-0.39, 0.29) is 6.03 Å². The first kappa shape index (κ1) is 15.2. The summed E-state index contributed by atoms with van der Waals surface area (Å²) in [5.41, 5.74) is 0.569. The first-order chi connectivity index (χ1) is 10.1. The number of hydrogen-bond donors (Lipinski definition) is 3. The number of anilines is 1. The molecule has 114 valence electrons. The van der Waals surface area contributed by atoms with Crippen molar-refractivity contribution in [2.75, 3.05) is 18.5 Å². The highest BCUT2D eigenvalue weighted by Crippen LogP contribution is 2.28. The van der Waals surface area contributed by atoms with Crippen molar-refractivity contribution < 1.29 is 19.4 Å². The second-order valence-electron chi connectivity index (χ2n) is 5.18. The van der Waals surface area contributed by atoms with Gasteiger partial charge in [0.05, 0.1) is 0 Å². The second kappa shape index (κ2) is 7.52. The Balaban J connectivity index is 1.74. The zero-order valence-corrected chi connectivity index (χ0v) is 11.8. The zero-order valence-electron chi connectivity index (χ0n) is 11.8. The first-order valence-electron chi connectivity index (χ1n) is 7.13. The average molecular weight is 292 g/mol. The van der Waals surface area contributed by atoms with Crippen LogP contribution in [-0.4, -0.2) is 30.3 Å². The summed E-state index contributed by atoms with van der Waals surface area (Å²) in [4.78, 5) is 22.2. The summed E-state index contributed by atoms with van der Waals surface area (Å²) in [5.74, 6) is 0.129. The predicted octanol–water partition coefficient (Wildman–Crippen LogP) is 2.46. The quantitative estimate of drug-likeness (QED) is 0.720. The van der Waals surface area contributed by atoms with Crippen molar-refractivity contribution in [3.63, 3.8) is 0 Å². The number of aliphatic carboxylic acids is 1. The minimum atomic E-state index is -1.04. The van der Waals surface area contributed by atoms with Crippen LogP contribution < -0.4 is 15.4 Å². The summed E-state index contributed by atoms with van der Waals surface area (Å²) in [6.07, 6.45) is 4.87. The molecule has 6 nitrogen and oxygen atoms in total. The molecule has 3 N–H and O–H groups in total. The monoisotopic (exact) mass is 292 g/mol. The molecule has 1 aliphatic carbocycles. The highest BCUT2D eigenvalue weighted by atomic mass is 16.5. The van der Waals surface area contributed by atoms with Crippen molar-refractivity contribution in [3.8, 4) is 5.75 Å². The lowest BCUT2D eigenvalue weighted by Crippen LogP contribution is -2.31. The van der Waals surface area contributed by atoms with Crippen LogP contribution in [0.1, 0.15) is 25.7 Å². The van der Waals surface area contributed by atoms with Crippen LogP contribution in [0.5, 0.6) is 5.75 Å². The van der Waals surface area contributed by atoms with Crippen LogP contribution in [0.3, 0.4) is 0 Å². The molecule has 21 heavy (non-hydrogen) atoms. The molecule has 6 heteroatoms.